The van der Waals surface area contributed by atoms with Crippen LogP contribution in [0.25, 0.3) is 0 Å². The van der Waals surface area contributed by atoms with Crippen LogP contribution in [-0.4, -0.2) is 62.9 Å². The van der Waals surface area contributed by atoms with Crippen molar-refractivity contribution in [1.82, 2.24) is 0 Å². The van der Waals surface area contributed by atoms with Gasteiger partial charge in [-0.1, -0.05) is 101 Å². The van der Waals surface area contributed by atoms with E-state index in [1.807, 2.05) is 44.2 Å². The van der Waals surface area contributed by atoms with Gasteiger partial charge in [0, 0.05) is 25.4 Å². The van der Waals surface area contributed by atoms with Crippen LogP contribution in [0.3, 0.4) is 0 Å². The van der Waals surface area contributed by atoms with Gasteiger partial charge in [-0.05, 0) is 78.2 Å². The number of benzene rings is 1. The summed E-state index contributed by atoms with van der Waals surface area (Å²) in [6.07, 6.45) is 0.694. The fraction of sp³-hybridized carbons (Fsp3) is 0.778. The van der Waals surface area contributed by atoms with Crippen molar-refractivity contribution in [3.8, 4) is 0 Å². The molecule has 0 aromatic heterocycles. The third-order valence-corrected chi connectivity index (χ3v) is 25.0. The van der Waals surface area contributed by atoms with Crippen LogP contribution < -0.4 is 4.90 Å². The van der Waals surface area contributed by atoms with Crippen LogP contribution in [0.5, 0.6) is 0 Å². The summed E-state index contributed by atoms with van der Waals surface area (Å²) in [5.41, 5.74) is 2.29. The van der Waals surface area contributed by atoms with Crippen molar-refractivity contribution < 1.29 is 27.3 Å². The van der Waals surface area contributed by atoms with E-state index in [0.717, 1.165) is 18.2 Å². The van der Waals surface area contributed by atoms with Crippen LogP contribution >= 0.6 is 0 Å². The number of para-hydroxylation sites is 1. The van der Waals surface area contributed by atoms with Crippen LogP contribution in [0, 0.1) is 0 Å². The van der Waals surface area contributed by atoms with Crippen molar-refractivity contribution in [2.45, 2.75) is 162 Å². The summed E-state index contributed by atoms with van der Waals surface area (Å²) in [6, 6.07) is 9.92. The molecule has 0 bridgehead atoms. The Morgan fingerprint density at radius 1 is 0.674 bits per heavy atom. The Morgan fingerprint density at radius 2 is 1.09 bits per heavy atom. The Morgan fingerprint density at radius 3 is 1.48 bits per heavy atom. The zero-order valence-electron chi connectivity index (χ0n) is 32.1. The zero-order valence-corrected chi connectivity index (χ0v) is 35.1. The molecular weight excluding hydrogens is 627 g/mol. The van der Waals surface area contributed by atoms with Crippen LogP contribution in [-0.2, 0) is 27.3 Å². The molecule has 1 unspecified atom stereocenters. The molecule has 0 saturated heterocycles. The molecule has 7 nitrogen and oxygen atoms in total. The topological polar surface area (TPSA) is 74.3 Å². The minimum atomic E-state index is -2.59. The van der Waals surface area contributed by atoms with Gasteiger partial charge in [-0.3, -0.25) is 9.59 Å². The van der Waals surface area contributed by atoms with E-state index in [2.05, 4.69) is 94.5 Å². The molecule has 1 atom stereocenters. The number of nitrogens with zero attached hydrogens (tertiary/aromatic N) is 1. The summed E-state index contributed by atoms with van der Waals surface area (Å²) in [7, 11) is -7.49. The van der Waals surface area contributed by atoms with Crippen molar-refractivity contribution in [2.75, 3.05) is 24.7 Å². The average Bonchev–Trinajstić information content (AvgIpc) is 2.95. The van der Waals surface area contributed by atoms with Gasteiger partial charge in [-0.2, -0.15) is 0 Å². The van der Waals surface area contributed by atoms with Gasteiger partial charge in [0.15, 0.2) is 0 Å². The number of hydrogen-bond donors (Lipinski definition) is 0. The van der Waals surface area contributed by atoms with Crippen molar-refractivity contribution in [3.05, 3.63) is 30.3 Å². The number of carbonyl (C=O) groups is 2. The predicted octanol–water partition coefficient (Wildman–Crippen LogP) is 10.2. The first-order chi connectivity index (χ1) is 21.4. The summed E-state index contributed by atoms with van der Waals surface area (Å²) in [5.74, 6) is -0.622. The third kappa shape index (κ3) is 10.5. The first-order valence-corrected chi connectivity index (χ1v) is 24.7. The van der Waals surface area contributed by atoms with Crippen molar-refractivity contribution in [1.29, 1.82) is 0 Å². The summed E-state index contributed by atoms with van der Waals surface area (Å²) in [4.78, 5) is 30.9. The SMILES string of the molecule is CCO[Si](C)(CCCN(c1ccccc1)C(CC(=O)O[Si](C(C)C)(C(C)C)C(C)C)C(=O)O[Si](C(C)C)(C(C)C)C(C)C)OCC. The molecule has 0 N–H and O–H groups in total. The van der Waals surface area contributed by atoms with Crippen molar-refractivity contribution >= 4 is 42.8 Å². The molecule has 0 aliphatic carbocycles. The van der Waals surface area contributed by atoms with E-state index >= 15 is 0 Å². The number of anilines is 1. The fourth-order valence-corrected chi connectivity index (χ4v) is 20.9. The lowest BCUT2D eigenvalue weighted by molar-refractivity contribution is -0.143. The molecule has 0 fully saturated rings. The Bertz CT molecular complexity index is 998. The number of carbonyl (C=O) groups excluding carboxylic acids is 2. The van der Waals surface area contributed by atoms with Crippen LogP contribution in [0.1, 0.15) is 110 Å². The minimum absolute atomic E-state index is 0.0565. The first-order valence-electron chi connectivity index (χ1n) is 17.9. The monoisotopic (exact) mass is 695 g/mol. The summed E-state index contributed by atoms with van der Waals surface area (Å²) in [6.45, 7) is 34.0. The van der Waals surface area contributed by atoms with E-state index in [1.165, 1.54) is 0 Å². The molecule has 0 amide bonds. The quantitative estimate of drug-likeness (QED) is 0.119. The van der Waals surface area contributed by atoms with E-state index in [9.17, 15) is 9.59 Å². The minimum Gasteiger partial charge on any atom is -0.518 e. The molecule has 0 radical (unpaired) electrons. The lowest BCUT2D eigenvalue weighted by Gasteiger charge is -2.44. The molecular formula is C36H69NO6Si3. The maximum atomic E-state index is 14.7. The second-order valence-electron chi connectivity index (χ2n) is 14.9. The van der Waals surface area contributed by atoms with Crippen LogP contribution in [0.4, 0.5) is 5.69 Å². The van der Waals surface area contributed by atoms with Gasteiger partial charge in [0.2, 0.25) is 0 Å². The maximum Gasteiger partial charge on any atom is 0.334 e. The Hall–Kier alpha value is -1.47. The largest absolute Gasteiger partial charge is 0.518 e. The molecule has 1 aromatic carbocycles. The second kappa shape index (κ2) is 18.9. The fourth-order valence-electron chi connectivity index (χ4n) is 8.12. The van der Waals surface area contributed by atoms with Crippen molar-refractivity contribution in [3.63, 3.8) is 0 Å². The summed E-state index contributed by atoms with van der Waals surface area (Å²) in [5, 5.41) is 0. The van der Waals surface area contributed by atoms with Crippen molar-refractivity contribution in [2.24, 2.45) is 0 Å². The molecule has 0 spiro atoms. The second-order valence-corrected chi connectivity index (χ2v) is 29.0. The lowest BCUT2D eigenvalue weighted by Crippen LogP contribution is -2.55. The zero-order chi connectivity index (χ0) is 35.5. The van der Waals surface area contributed by atoms with Crippen LogP contribution in [0.15, 0.2) is 30.3 Å². The Kier molecular flexibility index (Phi) is 17.5. The molecule has 0 aliphatic heterocycles. The van der Waals surface area contributed by atoms with Gasteiger partial charge in [-0.25, -0.2) is 0 Å². The van der Waals surface area contributed by atoms with E-state index in [-0.39, 0.29) is 51.6 Å². The van der Waals surface area contributed by atoms with Gasteiger partial charge in [0.1, 0.15) is 6.04 Å². The molecule has 0 aliphatic rings. The van der Waals surface area contributed by atoms with E-state index in [4.69, 9.17) is 17.7 Å². The summed E-state index contributed by atoms with van der Waals surface area (Å²) >= 11 is 0. The van der Waals surface area contributed by atoms with Gasteiger partial charge < -0.3 is 22.6 Å². The van der Waals surface area contributed by atoms with E-state index in [1.54, 1.807) is 0 Å². The molecule has 46 heavy (non-hydrogen) atoms. The maximum absolute atomic E-state index is 14.7. The highest BCUT2D eigenvalue weighted by Crippen LogP contribution is 2.44. The van der Waals surface area contributed by atoms with E-state index < -0.39 is 31.2 Å². The smallest absolute Gasteiger partial charge is 0.334 e. The van der Waals surface area contributed by atoms with Gasteiger partial charge >= 0.3 is 14.5 Å². The van der Waals surface area contributed by atoms with Gasteiger partial charge in [0.25, 0.3) is 22.6 Å². The highest BCUT2D eigenvalue weighted by molar-refractivity contribution is 6.79. The molecule has 0 saturated carbocycles. The predicted molar refractivity (Wildman–Crippen MR) is 201 cm³/mol. The number of rotatable bonds is 21. The highest BCUT2D eigenvalue weighted by Gasteiger charge is 2.51. The Labute approximate surface area is 286 Å². The van der Waals surface area contributed by atoms with E-state index in [0.29, 0.717) is 19.8 Å². The molecule has 10 heteroatoms. The third-order valence-electron chi connectivity index (χ3n) is 10.0. The van der Waals surface area contributed by atoms with Gasteiger partial charge in [0.05, 0.1) is 6.42 Å². The molecule has 0 heterocycles. The van der Waals surface area contributed by atoms with Gasteiger partial charge in [-0.15, -0.1) is 0 Å². The first kappa shape index (κ1) is 42.6. The normalized spacial score (nSPS) is 13.8. The lowest BCUT2D eigenvalue weighted by atomic mass is 10.1. The Balaban J connectivity index is 3.73. The van der Waals surface area contributed by atoms with Crippen LogP contribution in [0.2, 0.25) is 45.8 Å². The highest BCUT2D eigenvalue weighted by atomic mass is 28.4. The average molecular weight is 696 g/mol. The summed E-state index contributed by atoms with van der Waals surface area (Å²) < 4.78 is 25.7. The number of hydrogen-bond acceptors (Lipinski definition) is 7. The molecule has 266 valence electrons. The standard InChI is InChI=1S/C36H69NO6Si3/c1-16-40-44(15,41-17-2)25-21-24-37(33-22-19-18-20-23-33)34(36(39)43-46(30(9)10,31(11)12)32(13)14)26-35(38)42-45(27(3)4,28(5)6)29(7)8/h18-20,22-23,27-32,34H,16-17,21,24-26H2,1-15H3. The molecule has 1 rings (SSSR count). The molecule has 1 aromatic rings.